The Morgan fingerprint density at radius 1 is 1.15 bits per heavy atom. The second-order valence-electron chi connectivity index (χ2n) is 7.48. The van der Waals surface area contributed by atoms with Crippen LogP contribution in [-0.4, -0.2) is 34.2 Å². The van der Waals surface area contributed by atoms with Crippen LogP contribution in [0.2, 0.25) is 5.02 Å². The second-order valence-corrected chi connectivity index (χ2v) is 9.08. The minimum atomic E-state index is -0.687. The Balaban J connectivity index is 1.60. The molecular formula is C25H21ClFN3O3S. The van der Waals surface area contributed by atoms with Crippen molar-refractivity contribution in [3.05, 3.63) is 89.2 Å². The first kappa shape index (κ1) is 23.8. The standard InChI is InChI=1S/C25H21ClFN3O3S/c1-33-21-5-3-2-4-20(21)29-24(32)22-14-23(31)30(15-16-6-10-18(27)11-7-16)25(34-22)28-19-12-8-17(26)9-13-19/h2-13,22H,14-15H2,1H3,(H,29,32). The van der Waals surface area contributed by atoms with Gasteiger partial charge in [-0.1, -0.05) is 47.6 Å². The molecule has 174 valence electrons. The molecule has 0 radical (unpaired) electrons. The number of hydrogen-bond acceptors (Lipinski definition) is 5. The summed E-state index contributed by atoms with van der Waals surface area (Å²) in [5, 5.41) is 3.10. The van der Waals surface area contributed by atoms with Gasteiger partial charge in [0.1, 0.15) is 16.8 Å². The summed E-state index contributed by atoms with van der Waals surface area (Å²) in [5.74, 6) is -0.411. The molecule has 9 heteroatoms. The largest absolute Gasteiger partial charge is 0.495 e. The summed E-state index contributed by atoms with van der Waals surface area (Å²) in [6.45, 7) is 0.208. The van der Waals surface area contributed by atoms with Crippen molar-refractivity contribution in [2.45, 2.75) is 18.2 Å². The van der Waals surface area contributed by atoms with Crippen molar-refractivity contribution in [2.75, 3.05) is 12.4 Å². The fourth-order valence-electron chi connectivity index (χ4n) is 3.36. The highest BCUT2D eigenvalue weighted by Gasteiger charge is 2.36. The maximum atomic E-state index is 13.3. The molecular weight excluding hydrogens is 477 g/mol. The number of carbonyl (C=O) groups excluding carboxylic acids is 2. The molecule has 0 saturated carbocycles. The molecule has 3 aromatic rings. The van der Waals surface area contributed by atoms with Gasteiger partial charge in [0.05, 0.1) is 25.0 Å². The summed E-state index contributed by atoms with van der Waals surface area (Å²) >= 11 is 7.18. The number of thioether (sulfide) groups is 1. The number of hydrogen-bond donors (Lipinski definition) is 1. The van der Waals surface area contributed by atoms with Crippen molar-refractivity contribution in [3.8, 4) is 5.75 Å². The minimum Gasteiger partial charge on any atom is -0.495 e. The number of rotatable bonds is 6. The average Bonchev–Trinajstić information content (AvgIpc) is 2.84. The monoisotopic (exact) mass is 497 g/mol. The quantitative estimate of drug-likeness (QED) is 0.478. The molecule has 1 N–H and O–H groups in total. The maximum Gasteiger partial charge on any atom is 0.238 e. The number of benzene rings is 3. The van der Waals surface area contributed by atoms with Gasteiger partial charge in [-0.15, -0.1) is 0 Å². The van der Waals surface area contributed by atoms with Crippen LogP contribution in [0.1, 0.15) is 12.0 Å². The van der Waals surface area contributed by atoms with E-state index in [0.29, 0.717) is 27.3 Å². The number of para-hydroxylation sites is 2. The highest BCUT2D eigenvalue weighted by molar-refractivity contribution is 8.15. The summed E-state index contributed by atoms with van der Waals surface area (Å²) < 4.78 is 18.6. The van der Waals surface area contributed by atoms with Crippen molar-refractivity contribution in [3.63, 3.8) is 0 Å². The number of carbonyl (C=O) groups is 2. The lowest BCUT2D eigenvalue weighted by atomic mass is 10.2. The summed E-state index contributed by atoms with van der Waals surface area (Å²) in [4.78, 5) is 32.3. The van der Waals surface area contributed by atoms with Gasteiger partial charge in [0, 0.05) is 11.4 Å². The van der Waals surface area contributed by atoms with E-state index in [1.807, 2.05) is 0 Å². The lowest BCUT2D eigenvalue weighted by molar-refractivity contribution is -0.129. The van der Waals surface area contributed by atoms with E-state index in [1.54, 1.807) is 60.7 Å². The number of amidine groups is 1. The highest BCUT2D eigenvalue weighted by Crippen LogP contribution is 2.32. The first-order valence-electron chi connectivity index (χ1n) is 10.4. The lowest BCUT2D eigenvalue weighted by Crippen LogP contribution is -2.44. The molecule has 0 aliphatic carbocycles. The van der Waals surface area contributed by atoms with E-state index >= 15 is 0 Å². The van der Waals surface area contributed by atoms with Gasteiger partial charge in [0.15, 0.2) is 5.17 Å². The van der Waals surface area contributed by atoms with E-state index in [-0.39, 0.29) is 30.6 Å². The molecule has 34 heavy (non-hydrogen) atoms. The van der Waals surface area contributed by atoms with Crippen molar-refractivity contribution < 1.29 is 18.7 Å². The molecule has 1 fully saturated rings. The van der Waals surface area contributed by atoms with Crippen LogP contribution in [-0.2, 0) is 16.1 Å². The zero-order chi connectivity index (χ0) is 24.1. The predicted molar refractivity (Wildman–Crippen MR) is 133 cm³/mol. The van der Waals surface area contributed by atoms with E-state index < -0.39 is 5.25 Å². The van der Waals surface area contributed by atoms with Crippen molar-refractivity contribution in [1.82, 2.24) is 4.90 Å². The molecule has 1 heterocycles. The van der Waals surface area contributed by atoms with Gasteiger partial charge in [0.2, 0.25) is 11.8 Å². The zero-order valence-corrected chi connectivity index (χ0v) is 19.8. The molecule has 0 spiro atoms. The second kappa shape index (κ2) is 10.7. The molecule has 6 nitrogen and oxygen atoms in total. The fourth-order valence-corrected chi connectivity index (χ4v) is 4.58. The van der Waals surface area contributed by atoms with Gasteiger partial charge in [-0.05, 0) is 54.1 Å². The molecule has 1 unspecified atom stereocenters. The van der Waals surface area contributed by atoms with Crippen LogP contribution in [0.4, 0.5) is 15.8 Å². The summed E-state index contributed by atoms with van der Waals surface area (Å²) in [5.41, 5.74) is 1.86. The Morgan fingerprint density at radius 3 is 2.56 bits per heavy atom. The smallest absolute Gasteiger partial charge is 0.238 e. The van der Waals surface area contributed by atoms with Crippen molar-refractivity contribution >= 4 is 51.7 Å². The number of amides is 2. The van der Waals surface area contributed by atoms with Crippen LogP contribution in [0.15, 0.2) is 77.8 Å². The molecule has 1 saturated heterocycles. The van der Waals surface area contributed by atoms with Crippen LogP contribution in [0.5, 0.6) is 5.75 Å². The van der Waals surface area contributed by atoms with Gasteiger partial charge in [0.25, 0.3) is 0 Å². The van der Waals surface area contributed by atoms with Crippen LogP contribution in [0.3, 0.4) is 0 Å². The number of halogens is 2. The van der Waals surface area contributed by atoms with Gasteiger partial charge in [-0.2, -0.15) is 0 Å². The van der Waals surface area contributed by atoms with Crippen LogP contribution >= 0.6 is 23.4 Å². The highest BCUT2D eigenvalue weighted by atomic mass is 35.5. The molecule has 4 rings (SSSR count). The average molecular weight is 498 g/mol. The predicted octanol–water partition coefficient (Wildman–Crippen LogP) is 5.65. The van der Waals surface area contributed by atoms with Gasteiger partial charge in [-0.3, -0.25) is 14.5 Å². The van der Waals surface area contributed by atoms with Crippen LogP contribution in [0.25, 0.3) is 0 Å². The third kappa shape index (κ3) is 5.76. The summed E-state index contributed by atoms with van der Waals surface area (Å²) in [6, 6.07) is 19.9. The van der Waals surface area contributed by atoms with E-state index in [0.717, 1.165) is 5.56 Å². The Morgan fingerprint density at radius 2 is 1.85 bits per heavy atom. The number of ether oxygens (including phenoxy) is 1. The van der Waals surface area contributed by atoms with Gasteiger partial charge in [-0.25, -0.2) is 9.38 Å². The van der Waals surface area contributed by atoms with E-state index in [9.17, 15) is 14.0 Å². The summed E-state index contributed by atoms with van der Waals surface area (Å²) in [6.07, 6.45) is -0.00746. The number of nitrogens with zero attached hydrogens (tertiary/aromatic N) is 2. The summed E-state index contributed by atoms with van der Waals surface area (Å²) in [7, 11) is 1.52. The first-order chi connectivity index (χ1) is 16.4. The lowest BCUT2D eigenvalue weighted by Gasteiger charge is -2.32. The SMILES string of the molecule is COc1ccccc1NC(=O)C1CC(=O)N(Cc2ccc(F)cc2)C(=Nc2ccc(Cl)cc2)S1. The molecule has 3 aromatic carbocycles. The normalized spacial score (nSPS) is 17.0. The maximum absolute atomic E-state index is 13.3. The molecule has 0 aromatic heterocycles. The number of anilines is 1. The molecule has 1 aliphatic heterocycles. The molecule has 1 atom stereocenters. The minimum absolute atomic E-state index is 0.00746. The zero-order valence-electron chi connectivity index (χ0n) is 18.2. The Kier molecular flexibility index (Phi) is 7.49. The molecule has 0 bridgehead atoms. The van der Waals surface area contributed by atoms with Crippen LogP contribution in [0, 0.1) is 5.82 Å². The van der Waals surface area contributed by atoms with E-state index in [4.69, 9.17) is 16.3 Å². The Bertz CT molecular complexity index is 1220. The molecule has 1 aliphatic rings. The first-order valence-corrected chi connectivity index (χ1v) is 11.7. The van der Waals surface area contributed by atoms with Crippen LogP contribution < -0.4 is 10.1 Å². The molecule has 2 amide bonds. The number of methoxy groups -OCH3 is 1. The van der Waals surface area contributed by atoms with E-state index in [2.05, 4.69) is 10.3 Å². The number of nitrogens with one attached hydrogen (secondary N) is 1. The van der Waals surface area contributed by atoms with Crippen molar-refractivity contribution in [2.24, 2.45) is 4.99 Å². The topological polar surface area (TPSA) is 71.0 Å². The van der Waals surface area contributed by atoms with Gasteiger partial charge < -0.3 is 10.1 Å². The van der Waals surface area contributed by atoms with E-state index in [1.165, 1.54) is 35.9 Å². The van der Waals surface area contributed by atoms with Crippen molar-refractivity contribution in [1.29, 1.82) is 0 Å². The Labute approximate surface area is 205 Å². The van der Waals surface area contributed by atoms with Gasteiger partial charge >= 0.3 is 0 Å². The Hall–Kier alpha value is -3.36. The fraction of sp³-hybridized carbons (Fsp3) is 0.160. The third-order valence-electron chi connectivity index (χ3n) is 5.10. The number of aliphatic imine (C=N–C) groups is 1. The third-order valence-corrected chi connectivity index (χ3v) is 6.54.